The number of hydrogen-bond acceptors (Lipinski definition) is 3. The van der Waals surface area contributed by atoms with Gasteiger partial charge in [-0.15, -0.1) is 0 Å². The maximum atomic E-state index is 12.7. The molecule has 3 aromatic rings. The van der Waals surface area contributed by atoms with E-state index in [4.69, 9.17) is 0 Å². The van der Waals surface area contributed by atoms with Crippen molar-refractivity contribution in [3.63, 3.8) is 0 Å². The molecule has 0 aliphatic carbocycles. The number of imidazole rings is 1. The minimum absolute atomic E-state index is 0.203. The Morgan fingerprint density at radius 3 is 2.46 bits per heavy atom. The molecular weight excluding hydrogens is 367 g/mol. The quantitative estimate of drug-likeness (QED) is 0.678. The van der Waals surface area contributed by atoms with E-state index in [1.54, 1.807) is 24.3 Å². The van der Waals surface area contributed by atoms with Gasteiger partial charge >= 0.3 is 6.18 Å². The number of halogens is 3. The zero-order valence-electron chi connectivity index (χ0n) is 15.3. The van der Waals surface area contributed by atoms with Crippen LogP contribution in [0, 0.1) is 5.92 Å². The number of hydrogen-bond donors (Lipinski definition) is 2. The first kappa shape index (κ1) is 18.8. The Hall–Kier alpha value is -2.54. The number of piperidine rings is 1. The van der Waals surface area contributed by atoms with Gasteiger partial charge in [-0.3, -0.25) is 4.90 Å². The van der Waals surface area contributed by atoms with Crippen molar-refractivity contribution in [2.75, 3.05) is 13.1 Å². The standard InChI is InChI=1S/C21H22F3N3O/c22-21(23,24)16-3-1-14(2-4-16)11-15-7-9-27(10-8-15)13-20-25-18-6-5-17(28)12-19(18)26-20/h1-6,12,15,28H,7-11,13H2,(H,25,26). The van der Waals surface area contributed by atoms with Crippen LogP contribution in [-0.2, 0) is 19.1 Å². The summed E-state index contributed by atoms with van der Waals surface area (Å²) in [6, 6.07) is 10.6. The van der Waals surface area contributed by atoms with E-state index in [1.807, 2.05) is 6.07 Å². The van der Waals surface area contributed by atoms with Crippen molar-refractivity contribution < 1.29 is 18.3 Å². The lowest BCUT2D eigenvalue weighted by Crippen LogP contribution is -2.34. The number of aromatic amines is 1. The monoisotopic (exact) mass is 389 g/mol. The molecule has 0 spiro atoms. The predicted octanol–water partition coefficient (Wildman–Crippen LogP) is 4.74. The Labute approximate surface area is 161 Å². The van der Waals surface area contributed by atoms with E-state index in [2.05, 4.69) is 14.9 Å². The Morgan fingerprint density at radius 2 is 1.79 bits per heavy atom. The van der Waals surface area contributed by atoms with Crippen LogP contribution in [0.3, 0.4) is 0 Å². The van der Waals surface area contributed by atoms with Gasteiger partial charge in [-0.1, -0.05) is 12.1 Å². The molecule has 1 saturated heterocycles. The average Bonchev–Trinajstić information content (AvgIpc) is 3.04. The number of nitrogens with zero attached hydrogens (tertiary/aromatic N) is 2. The Bertz CT molecular complexity index is 942. The molecule has 2 N–H and O–H groups in total. The molecule has 7 heteroatoms. The largest absolute Gasteiger partial charge is 0.508 e. The molecule has 1 aromatic heterocycles. The summed E-state index contributed by atoms with van der Waals surface area (Å²) in [6.07, 6.45) is -1.43. The predicted molar refractivity (Wildman–Crippen MR) is 101 cm³/mol. The molecule has 1 aliphatic rings. The van der Waals surface area contributed by atoms with Gasteiger partial charge < -0.3 is 10.1 Å². The van der Waals surface area contributed by atoms with Crippen LogP contribution in [0.1, 0.15) is 29.8 Å². The number of aromatic nitrogens is 2. The summed E-state index contributed by atoms with van der Waals surface area (Å²) in [5.41, 5.74) is 2.03. The van der Waals surface area contributed by atoms with Crippen LogP contribution in [-0.4, -0.2) is 33.1 Å². The highest BCUT2D eigenvalue weighted by Crippen LogP contribution is 2.30. The van der Waals surface area contributed by atoms with E-state index >= 15 is 0 Å². The van der Waals surface area contributed by atoms with Gasteiger partial charge in [0.15, 0.2) is 0 Å². The van der Waals surface area contributed by atoms with Crippen molar-refractivity contribution in [1.82, 2.24) is 14.9 Å². The van der Waals surface area contributed by atoms with E-state index in [-0.39, 0.29) is 5.75 Å². The number of fused-ring (bicyclic) bond motifs is 1. The molecule has 28 heavy (non-hydrogen) atoms. The van der Waals surface area contributed by atoms with E-state index in [0.29, 0.717) is 5.92 Å². The molecule has 0 amide bonds. The van der Waals surface area contributed by atoms with Crippen molar-refractivity contribution >= 4 is 11.0 Å². The normalized spacial score (nSPS) is 16.7. The van der Waals surface area contributed by atoms with Gasteiger partial charge in [0.2, 0.25) is 0 Å². The van der Waals surface area contributed by atoms with Gasteiger partial charge in [0.25, 0.3) is 0 Å². The molecule has 4 nitrogen and oxygen atoms in total. The number of benzene rings is 2. The third-order valence-electron chi connectivity index (χ3n) is 5.40. The maximum absolute atomic E-state index is 12.7. The number of phenols is 1. The molecule has 1 fully saturated rings. The van der Waals surface area contributed by atoms with E-state index in [9.17, 15) is 18.3 Å². The van der Waals surface area contributed by atoms with Crippen molar-refractivity contribution in [1.29, 1.82) is 0 Å². The summed E-state index contributed by atoms with van der Waals surface area (Å²) in [4.78, 5) is 10.2. The highest BCUT2D eigenvalue weighted by atomic mass is 19.4. The number of nitrogens with one attached hydrogen (secondary N) is 1. The van der Waals surface area contributed by atoms with Gasteiger partial charge in [-0.05, 0) is 68.1 Å². The second-order valence-corrected chi connectivity index (χ2v) is 7.50. The minimum Gasteiger partial charge on any atom is -0.508 e. The first-order chi connectivity index (χ1) is 13.4. The number of rotatable bonds is 4. The molecule has 4 rings (SSSR count). The van der Waals surface area contributed by atoms with Crippen LogP contribution in [0.2, 0.25) is 0 Å². The summed E-state index contributed by atoms with van der Waals surface area (Å²) in [6.45, 7) is 2.60. The molecule has 0 saturated carbocycles. The van der Waals surface area contributed by atoms with Crippen LogP contribution < -0.4 is 0 Å². The third-order valence-corrected chi connectivity index (χ3v) is 5.40. The Balaban J connectivity index is 1.30. The van der Waals surface area contributed by atoms with E-state index in [0.717, 1.165) is 61.3 Å². The molecule has 0 bridgehead atoms. The first-order valence-electron chi connectivity index (χ1n) is 9.43. The highest BCUT2D eigenvalue weighted by molar-refractivity contribution is 5.76. The second kappa shape index (κ2) is 7.47. The van der Waals surface area contributed by atoms with Crippen LogP contribution in [0.4, 0.5) is 13.2 Å². The molecule has 0 unspecified atom stereocenters. The number of phenolic OH excluding ortho intramolecular Hbond substituents is 1. The summed E-state index contributed by atoms with van der Waals surface area (Å²) in [5, 5.41) is 9.55. The lowest BCUT2D eigenvalue weighted by Gasteiger charge is -2.31. The van der Waals surface area contributed by atoms with Gasteiger partial charge in [0.05, 0.1) is 23.1 Å². The number of aromatic hydroxyl groups is 1. The molecule has 2 heterocycles. The number of alkyl halides is 3. The highest BCUT2D eigenvalue weighted by Gasteiger charge is 2.30. The first-order valence-corrected chi connectivity index (χ1v) is 9.43. The second-order valence-electron chi connectivity index (χ2n) is 7.50. The summed E-state index contributed by atoms with van der Waals surface area (Å²) in [7, 11) is 0. The van der Waals surface area contributed by atoms with E-state index in [1.165, 1.54) is 12.1 Å². The van der Waals surface area contributed by atoms with Gasteiger partial charge in [-0.25, -0.2) is 4.98 Å². The Morgan fingerprint density at radius 1 is 1.07 bits per heavy atom. The summed E-state index contributed by atoms with van der Waals surface area (Å²) in [5.74, 6) is 1.57. The third kappa shape index (κ3) is 4.30. The van der Waals surface area contributed by atoms with Crippen LogP contribution in [0.25, 0.3) is 11.0 Å². The van der Waals surface area contributed by atoms with Gasteiger partial charge in [-0.2, -0.15) is 13.2 Å². The van der Waals surface area contributed by atoms with Crippen molar-refractivity contribution in [2.24, 2.45) is 5.92 Å². The molecule has 148 valence electrons. The smallest absolute Gasteiger partial charge is 0.416 e. The lowest BCUT2D eigenvalue weighted by atomic mass is 9.90. The molecule has 0 atom stereocenters. The SMILES string of the molecule is Oc1ccc2[nH]c(CN3CCC(Cc4ccc(C(F)(F)F)cc4)CC3)nc2c1. The number of likely N-dealkylation sites (tertiary alicyclic amines) is 1. The van der Waals surface area contributed by atoms with Crippen LogP contribution >= 0.6 is 0 Å². The summed E-state index contributed by atoms with van der Waals surface area (Å²) >= 11 is 0. The maximum Gasteiger partial charge on any atom is 0.416 e. The fourth-order valence-electron chi connectivity index (χ4n) is 3.85. The van der Waals surface area contributed by atoms with Crippen molar-refractivity contribution in [3.05, 3.63) is 59.4 Å². The van der Waals surface area contributed by atoms with Crippen LogP contribution in [0.15, 0.2) is 42.5 Å². The molecular formula is C21H22F3N3O. The minimum atomic E-state index is -4.28. The lowest BCUT2D eigenvalue weighted by molar-refractivity contribution is -0.137. The molecule has 0 radical (unpaired) electrons. The average molecular weight is 389 g/mol. The van der Waals surface area contributed by atoms with Gasteiger partial charge in [0, 0.05) is 6.07 Å². The fraction of sp³-hybridized carbons (Fsp3) is 0.381. The zero-order valence-corrected chi connectivity index (χ0v) is 15.3. The van der Waals surface area contributed by atoms with E-state index < -0.39 is 11.7 Å². The topological polar surface area (TPSA) is 52.1 Å². The van der Waals surface area contributed by atoms with Crippen molar-refractivity contribution in [3.8, 4) is 5.75 Å². The zero-order chi connectivity index (χ0) is 19.7. The summed E-state index contributed by atoms with van der Waals surface area (Å²) < 4.78 is 38.0. The number of H-pyrrole nitrogens is 1. The fourth-order valence-corrected chi connectivity index (χ4v) is 3.85. The van der Waals surface area contributed by atoms with Crippen LogP contribution in [0.5, 0.6) is 5.75 Å². The Kier molecular flexibility index (Phi) is 5.02. The van der Waals surface area contributed by atoms with Gasteiger partial charge in [0.1, 0.15) is 11.6 Å². The van der Waals surface area contributed by atoms with Crippen molar-refractivity contribution in [2.45, 2.75) is 32.0 Å². The molecule has 1 aliphatic heterocycles. The molecule has 2 aromatic carbocycles.